The smallest absolute Gasteiger partial charge is 0.354 e. The summed E-state index contributed by atoms with van der Waals surface area (Å²) in [7, 11) is 0. The number of hydrogen-bond donors (Lipinski definition) is 2. The number of nitrogens with zero attached hydrogens (tertiary/aromatic N) is 2. The van der Waals surface area contributed by atoms with Crippen LogP contribution in [0.2, 0.25) is 5.02 Å². The van der Waals surface area contributed by atoms with Crippen LogP contribution in [-0.4, -0.2) is 30.1 Å². The molecule has 0 spiro atoms. The van der Waals surface area contributed by atoms with Gasteiger partial charge in [0.05, 0.1) is 16.3 Å². The maximum atomic E-state index is 12.6. The molecule has 1 atom stereocenters. The Bertz CT molecular complexity index is 782. The van der Waals surface area contributed by atoms with E-state index in [1.165, 1.54) is 6.07 Å². The Balaban J connectivity index is 1.55. The highest BCUT2D eigenvalue weighted by atomic mass is 35.5. The van der Waals surface area contributed by atoms with Crippen LogP contribution in [0.15, 0.2) is 42.6 Å². The van der Waals surface area contributed by atoms with E-state index in [1.807, 2.05) is 4.90 Å². The number of carbonyl (C=O) groups excluding carboxylic acids is 1. The van der Waals surface area contributed by atoms with Gasteiger partial charge in [-0.25, -0.2) is 9.78 Å². The van der Waals surface area contributed by atoms with Crippen molar-refractivity contribution >= 4 is 29.1 Å². The number of nitrogens with one attached hydrogen (secondary N) is 2. The van der Waals surface area contributed by atoms with Crippen LogP contribution in [0.4, 0.5) is 29.5 Å². The normalized spacial score (nSPS) is 17.2. The van der Waals surface area contributed by atoms with Gasteiger partial charge in [0.25, 0.3) is 0 Å². The van der Waals surface area contributed by atoms with Crippen molar-refractivity contribution in [1.82, 2.24) is 10.3 Å². The molecule has 138 valence electrons. The maximum absolute atomic E-state index is 12.6. The van der Waals surface area contributed by atoms with Crippen LogP contribution in [-0.2, 0) is 6.18 Å². The van der Waals surface area contributed by atoms with E-state index in [0.29, 0.717) is 36.0 Å². The molecule has 0 radical (unpaired) electrons. The number of carbonyl (C=O) groups is 1. The van der Waals surface area contributed by atoms with Crippen LogP contribution in [0.25, 0.3) is 0 Å². The zero-order valence-corrected chi connectivity index (χ0v) is 14.3. The summed E-state index contributed by atoms with van der Waals surface area (Å²) in [6, 6.07) is 8.71. The molecule has 0 aliphatic carbocycles. The van der Waals surface area contributed by atoms with Gasteiger partial charge >= 0.3 is 12.2 Å². The van der Waals surface area contributed by atoms with Gasteiger partial charge in [0.1, 0.15) is 5.82 Å². The minimum absolute atomic E-state index is 0.137. The van der Waals surface area contributed by atoms with Crippen molar-refractivity contribution in [2.75, 3.05) is 23.3 Å². The first-order valence-electron chi connectivity index (χ1n) is 7.93. The fourth-order valence-corrected chi connectivity index (χ4v) is 2.92. The molecule has 1 aromatic heterocycles. The second-order valence-electron chi connectivity index (χ2n) is 5.91. The van der Waals surface area contributed by atoms with Crippen molar-refractivity contribution in [2.24, 2.45) is 0 Å². The van der Waals surface area contributed by atoms with Crippen molar-refractivity contribution < 1.29 is 18.0 Å². The van der Waals surface area contributed by atoms with Gasteiger partial charge in [-0.05, 0) is 30.7 Å². The zero-order valence-electron chi connectivity index (χ0n) is 13.6. The lowest BCUT2D eigenvalue weighted by Gasteiger charge is -2.19. The number of para-hydroxylation sites is 1. The van der Waals surface area contributed by atoms with Gasteiger partial charge < -0.3 is 15.5 Å². The standard InChI is InChI=1S/C17H16ClF3N4O/c18-13-3-1-2-4-14(13)24-16(26)23-12-7-8-25(10-12)15-6-5-11(9-22-15)17(19,20)21/h1-6,9,12H,7-8,10H2,(H2,23,24,26). The quantitative estimate of drug-likeness (QED) is 0.835. The third kappa shape index (κ3) is 4.37. The lowest BCUT2D eigenvalue weighted by molar-refractivity contribution is -0.137. The Hall–Kier alpha value is -2.48. The molecule has 2 N–H and O–H groups in total. The Morgan fingerprint density at radius 3 is 2.65 bits per heavy atom. The average molecular weight is 385 g/mol. The first kappa shape index (κ1) is 18.3. The Morgan fingerprint density at radius 2 is 2.00 bits per heavy atom. The van der Waals surface area contributed by atoms with E-state index in [-0.39, 0.29) is 12.1 Å². The molecule has 2 aromatic rings. The number of aromatic nitrogens is 1. The van der Waals surface area contributed by atoms with Crippen LogP contribution in [0, 0.1) is 0 Å². The highest BCUT2D eigenvalue weighted by Gasteiger charge is 2.31. The number of hydrogen-bond acceptors (Lipinski definition) is 3. The summed E-state index contributed by atoms with van der Waals surface area (Å²) in [6.07, 6.45) is -2.92. The lowest BCUT2D eigenvalue weighted by atomic mass is 10.2. The van der Waals surface area contributed by atoms with E-state index >= 15 is 0 Å². The number of urea groups is 1. The lowest BCUT2D eigenvalue weighted by Crippen LogP contribution is -2.39. The molecule has 1 saturated heterocycles. The van der Waals surface area contributed by atoms with Crippen LogP contribution in [0.5, 0.6) is 0 Å². The SMILES string of the molecule is O=C(Nc1ccccc1Cl)NC1CCN(c2ccc(C(F)(F)F)cn2)C1. The number of anilines is 2. The molecule has 2 amide bonds. The Kier molecular flexibility index (Phi) is 5.22. The summed E-state index contributed by atoms with van der Waals surface area (Å²) >= 11 is 5.99. The minimum atomic E-state index is -4.41. The molecule has 2 heterocycles. The molecule has 9 heteroatoms. The summed E-state index contributed by atoms with van der Waals surface area (Å²) in [4.78, 5) is 17.8. The molecular formula is C17H16ClF3N4O. The second-order valence-corrected chi connectivity index (χ2v) is 6.32. The third-order valence-corrected chi connectivity index (χ3v) is 4.37. The molecule has 1 aromatic carbocycles. The minimum Gasteiger partial charge on any atom is -0.354 e. The number of pyridine rings is 1. The van der Waals surface area contributed by atoms with Gasteiger partial charge in [0, 0.05) is 25.3 Å². The van der Waals surface area contributed by atoms with Crippen molar-refractivity contribution in [1.29, 1.82) is 0 Å². The maximum Gasteiger partial charge on any atom is 0.417 e. The van der Waals surface area contributed by atoms with E-state index in [1.54, 1.807) is 24.3 Å². The molecule has 5 nitrogen and oxygen atoms in total. The number of halogens is 4. The number of rotatable bonds is 3. The number of alkyl halides is 3. The fraction of sp³-hybridized carbons (Fsp3) is 0.294. The third-order valence-electron chi connectivity index (χ3n) is 4.04. The van der Waals surface area contributed by atoms with E-state index in [9.17, 15) is 18.0 Å². The van der Waals surface area contributed by atoms with Gasteiger partial charge in [0.2, 0.25) is 0 Å². The summed E-state index contributed by atoms with van der Waals surface area (Å²) in [5, 5.41) is 5.94. The van der Waals surface area contributed by atoms with Gasteiger partial charge in [-0.2, -0.15) is 13.2 Å². The summed E-state index contributed by atoms with van der Waals surface area (Å²) in [5.41, 5.74) is -0.278. The van der Waals surface area contributed by atoms with Crippen molar-refractivity contribution in [2.45, 2.75) is 18.6 Å². The Labute approximate surface area is 153 Å². The first-order chi connectivity index (χ1) is 12.3. The molecule has 1 aliphatic heterocycles. The molecule has 3 rings (SSSR count). The van der Waals surface area contributed by atoms with E-state index in [4.69, 9.17) is 11.6 Å². The van der Waals surface area contributed by atoms with Gasteiger partial charge in [-0.3, -0.25) is 0 Å². The van der Waals surface area contributed by atoms with Crippen molar-refractivity contribution in [3.63, 3.8) is 0 Å². The summed E-state index contributed by atoms with van der Waals surface area (Å²) < 4.78 is 37.8. The monoisotopic (exact) mass is 384 g/mol. The second kappa shape index (κ2) is 7.41. The van der Waals surface area contributed by atoms with E-state index in [0.717, 1.165) is 12.3 Å². The van der Waals surface area contributed by atoms with Crippen molar-refractivity contribution in [3.05, 3.63) is 53.2 Å². The fourth-order valence-electron chi connectivity index (χ4n) is 2.73. The van der Waals surface area contributed by atoms with E-state index < -0.39 is 11.7 Å². The van der Waals surface area contributed by atoms with Gasteiger partial charge in [0.15, 0.2) is 0 Å². The molecule has 1 fully saturated rings. The molecule has 26 heavy (non-hydrogen) atoms. The molecule has 0 saturated carbocycles. The zero-order chi connectivity index (χ0) is 18.7. The Morgan fingerprint density at radius 1 is 1.23 bits per heavy atom. The van der Waals surface area contributed by atoms with Gasteiger partial charge in [-0.1, -0.05) is 23.7 Å². The highest BCUT2D eigenvalue weighted by molar-refractivity contribution is 6.33. The van der Waals surface area contributed by atoms with E-state index in [2.05, 4.69) is 15.6 Å². The highest BCUT2D eigenvalue weighted by Crippen LogP contribution is 2.30. The first-order valence-corrected chi connectivity index (χ1v) is 8.31. The molecule has 0 bridgehead atoms. The van der Waals surface area contributed by atoms with Crippen LogP contribution in [0.3, 0.4) is 0 Å². The number of benzene rings is 1. The van der Waals surface area contributed by atoms with Crippen LogP contribution in [0.1, 0.15) is 12.0 Å². The van der Waals surface area contributed by atoms with Crippen molar-refractivity contribution in [3.8, 4) is 0 Å². The molecule has 1 aliphatic rings. The predicted octanol–water partition coefficient (Wildman–Crippen LogP) is 4.15. The molecule has 1 unspecified atom stereocenters. The molecular weight excluding hydrogens is 369 g/mol. The number of amides is 2. The average Bonchev–Trinajstić information content (AvgIpc) is 3.05. The predicted molar refractivity (Wildman–Crippen MR) is 93.5 cm³/mol. The van der Waals surface area contributed by atoms with Crippen LogP contribution < -0.4 is 15.5 Å². The summed E-state index contributed by atoms with van der Waals surface area (Å²) in [5.74, 6) is 0.453. The van der Waals surface area contributed by atoms with Gasteiger partial charge in [-0.15, -0.1) is 0 Å². The van der Waals surface area contributed by atoms with Crippen LogP contribution >= 0.6 is 11.6 Å². The topological polar surface area (TPSA) is 57.3 Å². The largest absolute Gasteiger partial charge is 0.417 e. The summed E-state index contributed by atoms with van der Waals surface area (Å²) in [6.45, 7) is 1.06.